The first kappa shape index (κ1) is 24.3. The molecule has 0 atom stereocenters. The van der Waals surface area contributed by atoms with E-state index < -0.39 is 10.0 Å². The lowest BCUT2D eigenvalue weighted by atomic mass is 10.2. The Morgan fingerprint density at radius 1 is 1.17 bits per heavy atom. The monoisotopic (exact) mass is 511 g/mol. The molecular formula is C24H22ClN5O4S. The molecule has 180 valence electrons. The molecule has 0 amide bonds. The average molecular weight is 512 g/mol. The van der Waals surface area contributed by atoms with Crippen molar-refractivity contribution in [3.63, 3.8) is 0 Å². The third-order valence-electron chi connectivity index (χ3n) is 4.92. The van der Waals surface area contributed by atoms with Gasteiger partial charge < -0.3 is 14.0 Å². The average Bonchev–Trinajstić information content (AvgIpc) is 3.24. The van der Waals surface area contributed by atoms with E-state index in [1.165, 1.54) is 6.20 Å². The van der Waals surface area contributed by atoms with Crippen molar-refractivity contribution in [2.45, 2.75) is 20.0 Å². The Labute approximate surface area is 208 Å². The quantitative estimate of drug-likeness (QED) is 0.346. The molecule has 0 saturated carbocycles. The predicted molar refractivity (Wildman–Crippen MR) is 134 cm³/mol. The fraction of sp³-hybridized carbons (Fsp3) is 0.208. The van der Waals surface area contributed by atoms with Crippen LogP contribution in [0.4, 0.5) is 5.95 Å². The highest BCUT2D eigenvalue weighted by atomic mass is 35.5. The number of sulfonamides is 1. The molecule has 0 spiro atoms. The third-order valence-corrected chi connectivity index (χ3v) is 5.75. The zero-order chi connectivity index (χ0) is 25.0. The molecule has 11 heteroatoms. The standard InChI is InChI=1S/C24H22ClN5O4S/c1-3-10-33-23-17(14-26)11-19(13-21(23)25)30-9-7-16-12-20(4-5-22(16)30)34-15-18-6-8-27-24(28-18)29-35(2,31)32/h4-9,11-13H,3,10,15H2,1-2H3,(H,27,28,29). The molecule has 0 saturated heterocycles. The summed E-state index contributed by atoms with van der Waals surface area (Å²) < 4.78 is 38.4. The van der Waals surface area contributed by atoms with Crippen LogP contribution in [0.25, 0.3) is 16.6 Å². The molecular weight excluding hydrogens is 490 g/mol. The molecule has 0 bridgehead atoms. The van der Waals surface area contributed by atoms with Crippen LogP contribution in [-0.4, -0.2) is 35.8 Å². The number of hydrogen-bond acceptors (Lipinski definition) is 7. The van der Waals surface area contributed by atoms with Gasteiger partial charge in [0.2, 0.25) is 16.0 Å². The summed E-state index contributed by atoms with van der Waals surface area (Å²) in [5, 5.41) is 10.9. The summed E-state index contributed by atoms with van der Waals surface area (Å²) in [6.45, 7) is 2.60. The number of fused-ring (bicyclic) bond motifs is 1. The van der Waals surface area contributed by atoms with Gasteiger partial charge in [0, 0.05) is 23.5 Å². The van der Waals surface area contributed by atoms with Gasteiger partial charge in [-0.3, -0.25) is 4.72 Å². The highest BCUT2D eigenvalue weighted by molar-refractivity contribution is 7.91. The summed E-state index contributed by atoms with van der Waals surface area (Å²) in [7, 11) is -3.47. The van der Waals surface area contributed by atoms with Gasteiger partial charge in [0.15, 0.2) is 5.75 Å². The Kier molecular flexibility index (Phi) is 7.10. The lowest BCUT2D eigenvalue weighted by Gasteiger charge is -2.13. The molecule has 2 aromatic carbocycles. The van der Waals surface area contributed by atoms with E-state index in [2.05, 4.69) is 20.8 Å². The maximum Gasteiger partial charge on any atom is 0.236 e. The number of halogens is 1. The molecule has 0 aliphatic carbocycles. The van der Waals surface area contributed by atoms with Crippen molar-refractivity contribution in [1.29, 1.82) is 5.26 Å². The van der Waals surface area contributed by atoms with Gasteiger partial charge in [0.05, 0.1) is 34.7 Å². The fourth-order valence-electron chi connectivity index (χ4n) is 3.44. The first-order valence-corrected chi connectivity index (χ1v) is 12.9. The van der Waals surface area contributed by atoms with E-state index in [-0.39, 0.29) is 12.6 Å². The third kappa shape index (κ3) is 5.82. The molecule has 4 aromatic rings. The first-order chi connectivity index (χ1) is 16.8. The van der Waals surface area contributed by atoms with Crippen LogP contribution >= 0.6 is 11.6 Å². The van der Waals surface area contributed by atoms with Crippen LogP contribution in [0.15, 0.2) is 54.9 Å². The number of aromatic nitrogens is 3. The van der Waals surface area contributed by atoms with Crippen LogP contribution in [0, 0.1) is 11.3 Å². The van der Waals surface area contributed by atoms with Gasteiger partial charge in [-0.15, -0.1) is 0 Å². The number of nitrogens with one attached hydrogen (secondary N) is 1. The van der Waals surface area contributed by atoms with E-state index in [1.807, 2.05) is 42.0 Å². The van der Waals surface area contributed by atoms with E-state index in [9.17, 15) is 13.7 Å². The van der Waals surface area contributed by atoms with E-state index in [0.717, 1.165) is 29.3 Å². The van der Waals surface area contributed by atoms with Gasteiger partial charge in [-0.1, -0.05) is 18.5 Å². The topological polar surface area (TPSA) is 119 Å². The lowest BCUT2D eigenvalue weighted by Crippen LogP contribution is -2.13. The molecule has 35 heavy (non-hydrogen) atoms. The van der Waals surface area contributed by atoms with E-state index in [0.29, 0.717) is 34.4 Å². The second kappa shape index (κ2) is 10.2. The number of benzene rings is 2. The summed E-state index contributed by atoms with van der Waals surface area (Å²) in [4.78, 5) is 8.04. The number of ether oxygens (including phenoxy) is 2. The minimum atomic E-state index is -3.47. The Morgan fingerprint density at radius 3 is 2.74 bits per heavy atom. The fourth-order valence-corrected chi connectivity index (χ4v) is 4.13. The number of nitriles is 1. The minimum Gasteiger partial charge on any atom is -0.491 e. The van der Waals surface area contributed by atoms with Crippen molar-refractivity contribution in [2.24, 2.45) is 0 Å². The maximum absolute atomic E-state index is 11.4. The SMILES string of the molecule is CCCOc1c(Cl)cc(-n2ccc3cc(OCc4ccnc(NS(C)(=O)=O)n4)ccc32)cc1C#N. The number of hydrogen-bond donors (Lipinski definition) is 1. The lowest BCUT2D eigenvalue weighted by molar-refractivity contribution is 0.301. The highest BCUT2D eigenvalue weighted by Gasteiger charge is 2.14. The largest absolute Gasteiger partial charge is 0.491 e. The molecule has 0 unspecified atom stereocenters. The van der Waals surface area contributed by atoms with Crippen molar-refractivity contribution >= 4 is 38.5 Å². The van der Waals surface area contributed by atoms with Gasteiger partial charge in [-0.2, -0.15) is 5.26 Å². The van der Waals surface area contributed by atoms with Crippen LogP contribution < -0.4 is 14.2 Å². The normalized spacial score (nSPS) is 11.3. The molecule has 0 fully saturated rings. The summed E-state index contributed by atoms with van der Waals surface area (Å²) in [6, 6.07) is 14.9. The van der Waals surface area contributed by atoms with Crippen LogP contribution in [0.2, 0.25) is 5.02 Å². The highest BCUT2D eigenvalue weighted by Crippen LogP contribution is 2.33. The van der Waals surface area contributed by atoms with Crippen LogP contribution in [-0.2, 0) is 16.6 Å². The molecule has 2 heterocycles. The van der Waals surface area contributed by atoms with Crippen molar-refractivity contribution in [2.75, 3.05) is 17.6 Å². The minimum absolute atomic E-state index is 0.0114. The number of rotatable bonds is 9. The summed E-state index contributed by atoms with van der Waals surface area (Å²) >= 11 is 6.43. The van der Waals surface area contributed by atoms with Crippen LogP contribution in [0.5, 0.6) is 11.5 Å². The van der Waals surface area contributed by atoms with Gasteiger partial charge in [-0.25, -0.2) is 18.4 Å². The van der Waals surface area contributed by atoms with Gasteiger partial charge >= 0.3 is 0 Å². The second-order valence-electron chi connectivity index (χ2n) is 7.71. The molecule has 2 aromatic heterocycles. The van der Waals surface area contributed by atoms with Gasteiger partial charge in [-0.05, 0) is 48.9 Å². The smallest absolute Gasteiger partial charge is 0.236 e. The maximum atomic E-state index is 11.4. The first-order valence-electron chi connectivity index (χ1n) is 10.7. The Bertz CT molecular complexity index is 1530. The number of nitrogens with zero attached hydrogens (tertiary/aromatic N) is 4. The van der Waals surface area contributed by atoms with E-state index >= 15 is 0 Å². The van der Waals surface area contributed by atoms with Crippen molar-refractivity contribution in [1.82, 2.24) is 14.5 Å². The zero-order valence-corrected chi connectivity index (χ0v) is 20.6. The molecule has 1 N–H and O–H groups in total. The predicted octanol–water partition coefficient (Wildman–Crippen LogP) is 4.68. The Hall–Kier alpha value is -3.81. The van der Waals surface area contributed by atoms with Crippen LogP contribution in [0.3, 0.4) is 0 Å². The Morgan fingerprint density at radius 2 is 2.00 bits per heavy atom. The van der Waals surface area contributed by atoms with E-state index in [4.69, 9.17) is 21.1 Å². The molecule has 9 nitrogen and oxygen atoms in total. The summed E-state index contributed by atoms with van der Waals surface area (Å²) in [6.07, 6.45) is 5.19. The van der Waals surface area contributed by atoms with Crippen molar-refractivity contribution in [3.8, 4) is 23.3 Å². The van der Waals surface area contributed by atoms with Gasteiger partial charge in [0.25, 0.3) is 0 Å². The van der Waals surface area contributed by atoms with Crippen molar-refractivity contribution in [3.05, 3.63) is 71.1 Å². The van der Waals surface area contributed by atoms with Gasteiger partial charge in [0.1, 0.15) is 18.4 Å². The zero-order valence-electron chi connectivity index (χ0n) is 19.0. The number of anilines is 1. The molecule has 0 aliphatic rings. The Balaban J connectivity index is 1.55. The van der Waals surface area contributed by atoms with E-state index in [1.54, 1.807) is 18.2 Å². The molecule has 0 aliphatic heterocycles. The van der Waals surface area contributed by atoms with Crippen LogP contribution in [0.1, 0.15) is 24.6 Å². The summed E-state index contributed by atoms with van der Waals surface area (Å²) in [5.74, 6) is 1.000. The molecule has 4 rings (SSSR count). The summed E-state index contributed by atoms with van der Waals surface area (Å²) in [5.41, 5.74) is 2.54. The molecule has 0 radical (unpaired) electrons. The van der Waals surface area contributed by atoms with Crippen molar-refractivity contribution < 1.29 is 17.9 Å². The second-order valence-corrected chi connectivity index (χ2v) is 9.86.